The quantitative estimate of drug-likeness (QED) is 0.420. The number of alkyl halides is 1. The van der Waals surface area contributed by atoms with Crippen molar-refractivity contribution < 1.29 is 9.13 Å². The first-order valence-corrected chi connectivity index (χ1v) is 9.40. The van der Waals surface area contributed by atoms with Crippen molar-refractivity contribution in [1.82, 2.24) is 9.78 Å². The molecule has 0 radical (unpaired) electrons. The highest BCUT2D eigenvalue weighted by atomic mass is 35.5. The van der Waals surface area contributed by atoms with Crippen molar-refractivity contribution in [3.05, 3.63) is 44.9 Å². The topological polar surface area (TPSA) is 44.1 Å². The molecule has 1 heterocycles. The number of allylic oxidation sites excluding steroid dienone is 3. The Hall–Kier alpha value is -1.62. The lowest BCUT2D eigenvalue weighted by molar-refractivity contribution is 0.317. The van der Waals surface area contributed by atoms with Gasteiger partial charge in [-0.3, -0.25) is 9.18 Å². The van der Waals surface area contributed by atoms with E-state index in [0.717, 1.165) is 24.8 Å². The van der Waals surface area contributed by atoms with E-state index < -0.39 is 5.54 Å². The van der Waals surface area contributed by atoms with E-state index in [0.29, 0.717) is 18.8 Å². The first kappa shape index (κ1) is 22.4. The SMILES string of the molecule is CC/C(=C\C=C(/C)CCCCF)COc1cnn(C(C)(C)C)c(=O)c1Cl. The lowest BCUT2D eigenvalue weighted by Crippen LogP contribution is -2.36. The Morgan fingerprint density at radius 2 is 2.04 bits per heavy atom. The largest absolute Gasteiger partial charge is 0.486 e. The Balaban J connectivity index is 2.80. The van der Waals surface area contributed by atoms with Crippen molar-refractivity contribution in [1.29, 1.82) is 0 Å². The smallest absolute Gasteiger partial charge is 0.289 e. The van der Waals surface area contributed by atoms with Crippen LogP contribution in [0.2, 0.25) is 5.02 Å². The minimum Gasteiger partial charge on any atom is -0.486 e. The molecule has 6 heteroatoms. The van der Waals surface area contributed by atoms with Gasteiger partial charge in [-0.1, -0.05) is 36.2 Å². The van der Waals surface area contributed by atoms with E-state index in [1.165, 1.54) is 16.5 Å². The molecular weight excluding hydrogens is 355 g/mol. The molecule has 0 aromatic carbocycles. The van der Waals surface area contributed by atoms with E-state index in [2.05, 4.69) is 5.10 Å². The minimum absolute atomic E-state index is 0.0447. The normalized spacial score (nSPS) is 13.2. The van der Waals surface area contributed by atoms with E-state index in [9.17, 15) is 9.18 Å². The second kappa shape index (κ2) is 10.5. The van der Waals surface area contributed by atoms with Gasteiger partial charge >= 0.3 is 0 Å². The molecule has 4 nitrogen and oxygen atoms in total. The summed E-state index contributed by atoms with van der Waals surface area (Å²) in [6, 6.07) is 0. The Morgan fingerprint density at radius 3 is 2.62 bits per heavy atom. The van der Waals surface area contributed by atoms with Gasteiger partial charge in [0.15, 0.2) is 10.8 Å². The van der Waals surface area contributed by atoms with Crippen molar-refractivity contribution in [2.45, 2.75) is 65.8 Å². The zero-order valence-electron chi connectivity index (χ0n) is 16.4. The van der Waals surface area contributed by atoms with Crippen LogP contribution in [0, 0.1) is 0 Å². The predicted octanol–water partition coefficient (Wildman–Crippen LogP) is 5.45. The number of aromatic nitrogens is 2. The second-order valence-electron chi connectivity index (χ2n) is 7.34. The molecule has 146 valence electrons. The summed E-state index contributed by atoms with van der Waals surface area (Å²) in [5.74, 6) is 0.292. The van der Waals surface area contributed by atoms with Crippen LogP contribution in [-0.4, -0.2) is 23.1 Å². The molecule has 0 amide bonds. The van der Waals surface area contributed by atoms with E-state index >= 15 is 0 Å². The fourth-order valence-corrected chi connectivity index (χ4v) is 2.46. The van der Waals surface area contributed by atoms with Gasteiger partial charge in [0.05, 0.1) is 18.4 Å². The number of unbranched alkanes of at least 4 members (excludes halogenated alkanes) is 1. The van der Waals surface area contributed by atoms with E-state index in [4.69, 9.17) is 16.3 Å². The molecule has 0 saturated carbocycles. The van der Waals surface area contributed by atoms with Gasteiger partial charge in [-0.25, -0.2) is 4.68 Å². The van der Waals surface area contributed by atoms with Gasteiger partial charge in [0.25, 0.3) is 5.56 Å². The van der Waals surface area contributed by atoms with Crippen molar-refractivity contribution in [3.8, 4) is 5.75 Å². The van der Waals surface area contributed by atoms with Gasteiger partial charge in [-0.15, -0.1) is 0 Å². The molecule has 0 N–H and O–H groups in total. The van der Waals surface area contributed by atoms with Crippen molar-refractivity contribution in [3.63, 3.8) is 0 Å². The molecule has 1 rings (SSSR count). The summed E-state index contributed by atoms with van der Waals surface area (Å²) in [7, 11) is 0. The maximum absolute atomic E-state index is 12.3. The van der Waals surface area contributed by atoms with Crippen LogP contribution in [-0.2, 0) is 5.54 Å². The Labute approximate surface area is 160 Å². The zero-order chi connectivity index (χ0) is 19.7. The summed E-state index contributed by atoms with van der Waals surface area (Å²) in [6.45, 7) is 9.81. The molecule has 0 bridgehead atoms. The number of hydrogen-bond acceptors (Lipinski definition) is 3. The number of halogens is 2. The third-order valence-corrected chi connectivity index (χ3v) is 4.30. The number of rotatable bonds is 9. The average Bonchev–Trinajstić information content (AvgIpc) is 2.57. The highest BCUT2D eigenvalue weighted by Gasteiger charge is 2.19. The van der Waals surface area contributed by atoms with Gasteiger partial charge in [0, 0.05) is 0 Å². The van der Waals surface area contributed by atoms with Gasteiger partial charge in [0.2, 0.25) is 0 Å². The third-order valence-electron chi connectivity index (χ3n) is 3.95. The number of ether oxygens (including phenoxy) is 1. The highest BCUT2D eigenvalue weighted by Crippen LogP contribution is 2.21. The molecule has 0 aliphatic carbocycles. The first-order chi connectivity index (χ1) is 12.2. The van der Waals surface area contributed by atoms with Gasteiger partial charge in [-0.2, -0.15) is 5.10 Å². The van der Waals surface area contributed by atoms with Crippen LogP contribution in [0.1, 0.15) is 60.3 Å². The van der Waals surface area contributed by atoms with E-state index in [1.54, 1.807) is 0 Å². The number of hydrogen-bond donors (Lipinski definition) is 0. The highest BCUT2D eigenvalue weighted by molar-refractivity contribution is 6.31. The molecule has 1 aromatic rings. The molecule has 0 saturated heterocycles. The molecule has 0 fully saturated rings. The van der Waals surface area contributed by atoms with Crippen molar-refractivity contribution >= 4 is 11.6 Å². The Kier molecular flexibility index (Phi) is 9.06. The summed E-state index contributed by atoms with van der Waals surface area (Å²) in [5, 5.41) is 4.21. The Morgan fingerprint density at radius 1 is 1.35 bits per heavy atom. The fraction of sp³-hybridized carbons (Fsp3) is 0.600. The van der Waals surface area contributed by atoms with Crippen molar-refractivity contribution in [2.24, 2.45) is 0 Å². The lowest BCUT2D eigenvalue weighted by atomic mass is 10.1. The summed E-state index contributed by atoms with van der Waals surface area (Å²) in [4.78, 5) is 12.3. The summed E-state index contributed by atoms with van der Waals surface area (Å²) >= 11 is 6.17. The van der Waals surface area contributed by atoms with Gasteiger partial charge < -0.3 is 4.74 Å². The van der Waals surface area contributed by atoms with E-state index in [-0.39, 0.29) is 17.3 Å². The van der Waals surface area contributed by atoms with Crippen molar-refractivity contribution in [2.75, 3.05) is 13.3 Å². The molecule has 0 atom stereocenters. The maximum Gasteiger partial charge on any atom is 0.289 e. The average molecular weight is 385 g/mol. The van der Waals surface area contributed by atoms with Crippen LogP contribution in [0.5, 0.6) is 5.75 Å². The maximum atomic E-state index is 12.3. The second-order valence-corrected chi connectivity index (χ2v) is 7.71. The third kappa shape index (κ3) is 6.94. The summed E-state index contributed by atoms with van der Waals surface area (Å²) < 4.78 is 19.2. The van der Waals surface area contributed by atoms with Crippen LogP contribution in [0.3, 0.4) is 0 Å². The molecule has 0 aliphatic rings. The monoisotopic (exact) mass is 384 g/mol. The van der Waals surface area contributed by atoms with Crippen LogP contribution < -0.4 is 10.3 Å². The summed E-state index contributed by atoms with van der Waals surface area (Å²) in [5.41, 5.74) is 1.48. The predicted molar refractivity (Wildman–Crippen MR) is 106 cm³/mol. The molecular formula is C20H30ClFN2O2. The minimum atomic E-state index is -0.446. The standard InChI is InChI=1S/C20H30ClFN2O2/c1-6-16(11-10-15(2)9-7-8-12-22)14-26-17-13-23-24(20(3,4)5)19(25)18(17)21/h10-11,13H,6-9,12,14H2,1-5H3/b15-10+,16-11+. The molecule has 0 unspecified atom stereocenters. The van der Waals surface area contributed by atoms with Crippen LogP contribution in [0.4, 0.5) is 4.39 Å². The number of nitrogens with zero attached hydrogens (tertiary/aromatic N) is 2. The van der Waals surface area contributed by atoms with E-state index in [1.807, 2.05) is 46.8 Å². The van der Waals surface area contributed by atoms with Gasteiger partial charge in [0.1, 0.15) is 6.61 Å². The first-order valence-electron chi connectivity index (χ1n) is 9.03. The fourth-order valence-electron chi connectivity index (χ4n) is 2.28. The van der Waals surface area contributed by atoms with Crippen LogP contribution in [0.15, 0.2) is 34.3 Å². The lowest BCUT2D eigenvalue weighted by Gasteiger charge is -2.21. The Bertz CT molecular complexity index is 703. The van der Waals surface area contributed by atoms with Gasteiger partial charge in [-0.05, 0) is 59.0 Å². The summed E-state index contributed by atoms with van der Waals surface area (Å²) in [6.07, 6.45) is 8.71. The molecule has 1 aromatic heterocycles. The van der Waals surface area contributed by atoms with Crippen LogP contribution in [0.25, 0.3) is 0 Å². The molecule has 0 spiro atoms. The molecule has 0 aliphatic heterocycles. The zero-order valence-corrected chi connectivity index (χ0v) is 17.2. The van der Waals surface area contributed by atoms with Crippen LogP contribution >= 0.6 is 11.6 Å². The molecule has 26 heavy (non-hydrogen) atoms.